The van der Waals surface area contributed by atoms with Gasteiger partial charge < -0.3 is 15.4 Å². The van der Waals surface area contributed by atoms with E-state index < -0.39 is 33.4 Å². The molecule has 2 atom stereocenters. The van der Waals surface area contributed by atoms with E-state index in [1.165, 1.54) is 23.2 Å². The molecule has 2 aliphatic heterocycles. The normalized spacial score (nSPS) is 22.2. The Balaban J connectivity index is 1.21. The predicted molar refractivity (Wildman–Crippen MR) is 157 cm³/mol. The number of benzene rings is 1. The third-order valence-electron chi connectivity index (χ3n) is 8.65. The summed E-state index contributed by atoms with van der Waals surface area (Å²) in [4.78, 5) is 43.5. The van der Waals surface area contributed by atoms with Crippen molar-refractivity contribution in [3.63, 3.8) is 0 Å². The number of likely N-dealkylation sites (tertiary alicyclic amines) is 1. The Kier molecular flexibility index (Phi) is 7.62. The minimum Gasteiger partial charge on any atom is -0.618 e. The molecule has 2 amide bonds. The fourth-order valence-electron chi connectivity index (χ4n) is 6.55. The van der Waals surface area contributed by atoms with Crippen LogP contribution in [0.3, 0.4) is 0 Å². The lowest BCUT2D eigenvalue weighted by atomic mass is 9.80. The van der Waals surface area contributed by atoms with Gasteiger partial charge in [-0.2, -0.15) is 9.04 Å². The average molecular weight is 609 g/mol. The SMILES string of the molecule is O=C(NC1(C(=O)N2CCC3C2C(=O)CN3S(=O)(=O)Cc2cccc[n+]2[O-])CCCCC1)c1ccc(-c2cccs2)cc1. The Morgan fingerprint density at radius 2 is 1.81 bits per heavy atom. The molecule has 3 aromatic rings. The predicted octanol–water partition coefficient (Wildman–Crippen LogP) is 2.87. The van der Waals surface area contributed by atoms with Gasteiger partial charge in [-0.25, -0.2) is 8.42 Å². The maximum Gasteiger partial charge on any atom is 0.252 e. The van der Waals surface area contributed by atoms with Crippen molar-refractivity contribution in [2.75, 3.05) is 13.1 Å². The van der Waals surface area contributed by atoms with Crippen molar-refractivity contribution in [2.24, 2.45) is 0 Å². The smallest absolute Gasteiger partial charge is 0.252 e. The molecule has 220 valence electrons. The number of Topliss-reactive ketones (excluding diaryl/α,β-unsaturated/α-hetero) is 1. The molecule has 2 aromatic heterocycles. The molecule has 10 nitrogen and oxygen atoms in total. The zero-order valence-corrected chi connectivity index (χ0v) is 24.6. The van der Waals surface area contributed by atoms with Gasteiger partial charge >= 0.3 is 0 Å². The van der Waals surface area contributed by atoms with E-state index in [9.17, 15) is 28.0 Å². The van der Waals surface area contributed by atoms with E-state index in [-0.39, 0.29) is 36.4 Å². The molecule has 2 saturated heterocycles. The van der Waals surface area contributed by atoms with Gasteiger partial charge in [0.25, 0.3) is 5.91 Å². The van der Waals surface area contributed by atoms with Gasteiger partial charge in [-0.1, -0.05) is 37.5 Å². The van der Waals surface area contributed by atoms with Crippen LogP contribution in [0.1, 0.15) is 54.6 Å². The number of amides is 2. The lowest BCUT2D eigenvalue weighted by Gasteiger charge is -2.40. The van der Waals surface area contributed by atoms with Gasteiger partial charge in [-0.15, -0.1) is 11.3 Å². The molecule has 3 aliphatic rings. The number of carbonyl (C=O) groups excluding carboxylic acids is 3. The topological polar surface area (TPSA) is 131 Å². The number of sulfonamides is 1. The van der Waals surface area contributed by atoms with Crippen LogP contribution in [-0.4, -0.2) is 65.9 Å². The summed E-state index contributed by atoms with van der Waals surface area (Å²) in [5.74, 6) is -1.56. The van der Waals surface area contributed by atoms with E-state index in [0.29, 0.717) is 29.6 Å². The molecule has 6 rings (SSSR count). The van der Waals surface area contributed by atoms with Crippen LogP contribution >= 0.6 is 11.3 Å². The summed E-state index contributed by atoms with van der Waals surface area (Å²) >= 11 is 1.61. The van der Waals surface area contributed by atoms with Crippen LogP contribution in [0.2, 0.25) is 0 Å². The molecular weight excluding hydrogens is 576 g/mol. The van der Waals surface area contributed by atoms with Crippen molar-refractivity contribution in [2.45, 2.75) is 61.9 Å². The second-order valence-electron chi connectivity index (χ2n) is 11.2. The number of carbonyl (C=O) groups is 3. The van der Waals surface area contributed by atoms with Gasteiger partial charge in [0.15, 0.2) is 17.7 Å². The van der Waals surface area contributed by atoms with Crippen molar-refractivity contribution in [3.05, 3.63) is 82.6 Å². The standard InChI is InChI=1S/C30H32N4O6S2/c35-25-19-34(42(39,40)20-23-7-2-5-16-33(23)38)24-13-17-32(27(24)25)29(37)30(14-3-1-4-15-30)31-28(36)22-11-9-21(10-12-22)26-8-6-18-41-26/h2,5-12,16,18,24,27H,1,3-4,13-15,17,19-20H2,(H,31,36). The summed E-state index contributed by atoms with van der Waals surface area (Å²) in [5, 5.41) is 17.1. The third kappa shape index (κ3) is 5.23. The van der Waals surface area contributed by atoms with E-state index in [1.54, 1.807) is 29.5 Å². The number of thiophene rings is 1. The van der Waals surface area contributed by atoms with Crippen LogP contribution in [-0.2, 0) is 25.4 Å². The average Bonchev–Trinajstić information content (AvgIpc) is 3.74. The molecule has 0 bridgehead atoms. The Bertz CT molecular complexity index is 1600. The zero-order valence-electron chi connectivity index (χ0n) is 23.0. The summed E-state index contributed by atoms with van der Waals surface area (Å²) in [6, 6.07) is 14.2. The fraction of sp³-hybridized carbons (Fsp3) is 0.400. The van der Waals surface area contributed by atoms with Crippen LogP contribution in [0.15, 0.2) is 66.2 Å². The van der Waals surface area contributed by atoms with Crippen LogP contribution in [0.4, 0.5) is 0 Å². The highest BCUT2D eigenvalue weighted by Crippen LogP contribution is 2.37. The monoisotopic (exact) mass is 608 g/mol. The van der Waals surface area contributed by atoms with E-state index in [4.69, 9.17) is 0 Å². The summed E-state index contributed by atoms with van der Waals surface area (Å²) in [6.07, 6.45) is 4.89. The number of nitrogens with zero attached hydrogens (tertiary/aromatic N) is 3. The van der Waals surface area contributed by atoms with E-state index >= 15 is 0 Å². The molecule has 1 aliphatic carbocycles. The highest BCUT2D eigenvalue weighted by Gasteiger charge is 2.56. The van der Waals surface area contributed by atoms with Crippen molar-refractivity contribution in [3.8, 4) is 10.4 Å². The molecule has 42 heavy (non-hydrogen) atoms. The second-order valence-corrected chi connectivity index (χ2v) is 14.1. The maximum atomic E-state index is 14.2. The molecule has 1 saturated carbocycles. The number of fused-ring (bicyclic) bond motifs is 1. The van der Waals surface area contributed by atoms with Gasteiger partial charge in [0.05, 0.1) is 12.6 Å². The zero-order chi connectivity index (χ0) is 29.5. The summed E-state index contributed by atoms with van der Waals surface area (Å²) in [6.45, 7) is -0.130. The molecule has 0 radical (unpaired) electrons. The molecule has 2 unspecified atom stereocenters. The van der Waals surface area contributed by atoms with Gasteiger partial charge in [-0.05, 0) is 54.5 Å². The van der Waals surface area contributed by atoms with Crippen LogP contribution < -0.4 is 10.0 Å². The molecular formula is C30H32N4O6S2. The third-order valence-corrected chi connectivity index (χ3v) is 11.3. The van der Waals surface area contributed by atoms with Crippen molar-refractivity contribution < 1.29 is 27.5 Å². The summed E-state index contributed by atoms with van der Waals surface area (Å²) in [5.41, 5.74) is 0.343. The molecule has 0 spiro atoms. The van der Waals surface area contributed by atoms with Crippen molar-refractivity contribution in [1.29, 1.82) is 0 Å². The van der Waals surface area contributed by atoms with Crippen LogP contribution in [0, 0.1) is 5.21 Å². The molecule has 1 N–H and O–H groups in total. The van der Waals surface area contributed by atoms with Crippen LogP contribution in [0.5, 0.6) is 0 Å². The number of pyridine rings is 1. The Morgan fingerprint density at radius 1 is 1.05 bits per heavy atom. The van der Waals surface area contributed by atoms with E-state index in [1.807, 2.05) is 29.6 Å². The highest BCUT2D eigenvalue weighted by atomic mass is 32.2. The lowest BCUT2D eigenvalue weighted by Crippen LogP contribution is -2.62. The van der Waals surface area contributed by atoms with Gasteiger partial charge in [0, 0.05) is 29.1 Å². The first kappa shape index (κ1) is 28.5. The Hall–Kier alpha value is -3.61. The summed E-state index contributed by atoms with van der Waals surface area (Å²) < 4.78 is 28.4. The second kappa shape index (κ2) is 11.2. The van der Waals surface area contributed by atoms with E-state index in [0.717, 1.165) is 34.0 Å². The van der Waals surface area contributed by atoms with Gasteiger partial charge in [0.1, 0.15) is 11.6 Å². The largest absolute Gasteiger partial charge is 0.618 e. The maximum absolute atomic E-state index is 14.2. The fourth-order valence-corrected chi connectivity index (χ4v) is 9.00. The first-order valence-electron chi connectivity index (χ1n) is 14.2. The Labute approximate surface area is 248 Å². The van der Waals surface area contributed by atoms with Gasteiger partial charge in [0.2, 0.25) is 21.6 Å². The minimum atomic E-state index is -4.00. The quantitative estimate of drug-likeness (QED) is 0.324. The number of nitrogens with one attached hydrogen (secondary N) is 1. The number of ketones is 1. The minimum absolute atomic E-state index is 0.0617. The molecule has 4 heterocycles. The Morgan fingerprint density at radius 3 is 2.50 bits per heavy atom. The van der Waals surface area contributed by atoms with Crippen molar-refractivity contribution >= 4 is 39.0 Å². The summed E-state index contributed by atoms with van der Waals surface area (Å²) in [7, 11) is -4.00. The number of hydrogen-bond acceptors (Lipinski definition) is 7. The van der Waals surface area contributed by atoms with Crippen molar-refractivity contribution in [1.82, 2.24) is 14.5 Å². The number of aromatic nitrogens is 1. The lowest BCUT2D eigenvalue weighted by molar-refractivity contribution is -0.612. The van der Waals surface area contributed by atoms with E-state index in [2.05, 4.69) is 5.32 Å². The first-order chi connectivity index (χ1) is 20.2. The number of hydrogen-bond donors (Lipinski definition) is 1. The van der Waals surface area contributed by atoms with Gasteiger partial charge in [-0.3, -0.25) is 14.4 Å². The molecule has 3 fully saturated rings. The highest BCUT2D eigenvalue weighted by molar-refractivity contribution is 7.88. The molecule has 12 heteroatoms. The first-order valence-corrected chi connectivity index (χ1v) is 16.6. The molecule has 1 aromatic carbocycles. The van der Waals surface area contributed by atoms with Crippen LogP contribution in [0.25, 0.3) is 10.4 Å². The number of rotatable bonds is 7.